The first-order valence-electron chi connectivity index (χ1n) is 10.3. The molecule has 30 heavy (non-hydrogen) atoms. The minimum absolute atomic E-state index is 0.0341. The SMILES string of the molecule is CCCN(CC(=O)N(Cc1ccco1)Cc1cccn1C)C(=O)Cc1ccccc1. The molecule has 0 N–H and O–H groups in total. The van der Waals surface area contributed by atoms with Gasteiger partial charge >= 0.3 is 0 Å². The Labute approximate surface area is 177 Å². The number of aromatic nitrogens is 1. The van der Waals surface area contributed by atoms with Crippen LogP contribution in [0.5, 0.6) is 0 Å². The number of carbonyl (C=O) groups is 2. The summed E-state index contributed by atoms with van der Waals surface area (Å²) in [5.74, 6) is 0.589. The van der Waals surface area contributed by atoms with Gasteiger partial charge in [0.25, 0.3) is 0 Å². The number of nitrogens with zero attached hydrogens (tertiary/aromatic N) is 3. The number of benzene rings is 1. The lowest BCUT2D eigenvalue weighted by molar-refractivity contribution is -0.141. The van der Waals surface area contributed by atoms with E-state index in [-0.39, 0.29) is 18.4 Å². The molecule has 0 radical (unpaired) electrons. The van der Waals surface area contributed by atoms with Crippen molar-refractivity contribution in [2.75, 3.05) is 13.1 Å². The molecule has 2 heterocycles. The highest BCUT2D eigenvalue weighted by atomic mass is 16.3. The van der Waals surface area contributed by atoms with Crippen LogP contribution in [0.2, 0.25) is 0 Å². The van der Waals surface area contributed by atoms with Crippen molar-refractivity contribution in [2.24, 2.45) is 7.05 Å². The Balaban J connectivity index is 1.72. The molecule has 0 spiro atoms. The predicted octanol–water partition coefficient (Wildman–Crippen LogP) is 3.63. The van der Waals surface area contributed by atoms with Gasteiger partial charge in [-0.15, -0.1) is 0 Å². The van der Waals surface area contributed by atoms with Gasteiger partial charge in [-0.3, -0.25) is 9.59 Å². The number of hydrogen-bond acceptors (Lipinski definition) is 3. The Bertz CT molecular complexity index is 932. The molecule has 2 amide bonds. The van der Waals surface area contributed by atoms with Crippen LogP contribution in [0.25, 0.3) is 0 Å². The van der Waals surface area contributed by atoms with Gasteiger partial charge in [0.1, 0.15) is 5.76 Å². The lowest BCUT2D eigenvalue weighted by Crippen LogP contribution is -2.43. The first-order valence-corrected chi connectivity index (χ1v) is 10.3. The van der Waals surface area contributed by atoms with Crippen LogP contribution in [0.15, 0.2) is 71.5 Å². The molecule has 0 bridgehead atoms. The first-order chi connectivity index (χ1) is 14.6. The molecule has 0 fully saturated rings. The molecule has 0 saturated carbocycles. The highest BCUT2D eigenvalue weighted by molar-refractivity contribution is 5.85. The van der Waals surface area contributed by atoms with Gasteiger partial charge in [0.05, 0.1) is 32.3 Å². The van der Waals surface area contributed by atoms with Crippen molar-refractivity contribution in [1.29, 1.82) is 0 Å². The summed E-state index contributed by atoms with van der Waals surface area (Å²) in [6.45, 7) is 3.44. The highest BCUT2D eigenvalue weighted by Crippen LogP contribution is 2.13. The molecule has 3 rings (SSSR count). The third-order valence-corrected chi connectivity index (χ3v) is 5.05. The van der Waals surface area contributed by atoms with Crippen molar-refractivity contribution in [3.8, 4) is 0 Å². The predicted molar refractivity (Wildman–Crippen MR) is 115 cm³/mol. The van der Waals surface area contributed by atoms with Gasteiger partial charge in [-0.2, -0.15) is 0 Å². The number of amides is 2. The van der Waals surface area contributed by atoms with E-state index in [1.54, 1.807) is 16.1 Å². The summed E-state index contributed by atoms with van der Waals surface area (Å²) in [4.78, 5) is 29.5. The van der Waals surface area contributed by atoms with E-state index in [0.29, 0.717) is 26.1 Å². The molecule has 0 atom stereocenters. The quantitative estimate of drug-likeness (QED) is 0.516. The maximum Gasteiger partial charge on any atom is 0.242 e. The van der Waals surface area contributed by atoms with E-state index >= 15 is 0 Å². The lowest BCUT2D eigenvalue weighted by atomic mass is 10.1. The topological polar surface area (TPSA) is 58.7 Å². The van der Waals surface area contributed by atoms with Gasteiger partial charge in [-0.05, 0) is 36.2 Å². The summed E-state index contributed by atoms with van der Waals surface area (Å²) < 4.78 is 7.45. The van der Waals surface area contributed by atoms with Crippen molar-refractivity contribution >= 4 is 11.8 Å². The molecule has 2 aromatic heterocycles. The first kappa shape index (κ1) is 21.4. The van der Waals surface area contributed by atoms with Crippen LogP contribution in [0.1, 0.15) is 30.4 Å². The minimum Gasteiger partial charge on any atom is -0.467 e. The van der Waals surface area contributed by atoms with Gasteiger partial charge in [0.15, 0.2) is 0 Å². The largest absolute Gasteiger partial charge is 0.467 e. The van der Waals surface area contributed by atoms with Crippen molar-refractivity contribution < 1.29 is 14.0 Å². The van der Waals surface area contributed by atoms with E-state index in [0.717, 1.165) is 23.4 Å². The molecular formula is C24H29N3O3. The second-order valence-electron chi connectivity index (χ2n) is 7.42. The van der Waals surface area contributed by atoms with Crippen molar-refractivity contribution in [3.63, 3.8) is 0 Å². The zero-order valence-electron chi connectivity index (χ0n) is 17.7. The molecule has 0 aliphatic rings. The summed E-state index contributed by atoms with van der Waals surface area (Å²) in [5, 5.41) is 0. The summed E-state index contributed by atoms with van der Waals surface area (Å²) in [7, 11) is 1.96. The van der Waals surface area contributed by atoms with Crippen LogP contribution in [-0.4, -0.2) is 39.3 Å². The Morgan fingerprint density at radius 2 is 1.73 bits per heavy atom. The summed E-state index contributed by atoms with van der Waals surface area (Å²) >= 11 is 0. The molecule has 3 aromatic rings. The lowest BCUT2D eigenvalue weighted by Gasteiger charge is -2.27. The van der Waals surface area contributed by atoms with Crippen LogP contribution in [0.3, 0.4) is 0 Å². The highest BCUT2D eigenvalue weighted by Gasteiger charge is 2.22. The normalized spacial score (nSPS) is 10.7. The Morgan fingerprint density at radius 3 is 2.37 bits per heavy atom. The van der Waals surface area contributed by atoms with Crippen molar-refractivity contribution in [2.45, 2.75) is 32.9 Å². The van der Waals surface area contributed by atoms with Crippen LogP contribution in [0, 0.1) is 0 Å². The fourth-order valence-electron chi connectivity index (χ4n) is 3.39. The molecule has 158 valence electrons. The van der Waals surface area contributed by atoms with E-state index in [9.17, 15) is 9.59 Å². The van der Waals surface area contributed by atoms with E-state index < -0.39 is 0 Å². The number of hydrogen-bond donors (Lipinski definition) is 0. The standard InChI is InChI=1S/C24H29N3O3/c1-3-13-26(23(28)16-20-9-5-4-6-10-20)19-24(29)27(18-22-12-8-15-30-22)17-21-11-7-14-25(21)2/h4-12,14-15H,3,13,16-19H2,1-2H3. The summed E-state index contributed by atoms with van der Waals surface area (Å²) in [6, 6.07) is 17.3. The smallest absolute Gasteiger partial charge is 0.242 e. The fourth-order valence-corrected chi connectivity index (χ4v) is 3.39. The second kappa shape index (κ2) is 10.5. The zero-order valence-corrected chi connectivity index (χ0v) is 17.7. The third-order valence-electron chi connectivity index (χ3n) is 5.05. The fraction of sp³-hybridized carbons (Fsp3) is 0.333. The maximum atomic E-state index is 13.2. The van der Waals surface area contributed by atoms with Gasteiger partial charge in [0.2, 0.25) is 11.8 Å². The molecule has 6 heteroatoms. The Hall–Kier alpha value is -3.28. The van der Waals surface area contributed by atoms with Crippen LogP contribution in [-0.2, 0) is 36.1 Å². The van der Waals surface area contributed by atoms with E-state index in [1.807, 2.05) is 79.3 Å². The second-order valence-corrected chi connectivity index (χ2v) is 7.42. The van der Waals surface area contributed by atoms with Gasteiger partial charge < -0.3 is 18.8 Å². The summed E-state index contributed by atoms with van der Waals surface area (Å²) in [6.07, 6.45) is 4.65. The number of carbonyl (C=O) groups excluding carboxylic acids is 2. The average molecular weight is 408 g/mol. The summed E-state index contributed by atoms with van der Waals surface area (Å²) in [5.41, 5.74) is 1.97. The number of furan rings is 1. The molecule has 0 unspecified atom stereocenters. The van der Waals surface area contributed by atoms with E-state index in [1.165, 1.54) is 0 Å². The molecule has 1 aromatic carbocycles. The minimum atomic E-state index is -0.0949. The van der Waals surface area contributed by atoms with Gasteiger partial charge in [-0.1, -0.05) is 37.3 Å². The number of rotatable bonds is 10. The molecule has 0 saturated heterocycles. The van der Waals surface area contributed by atoms with E-state index in [4.69, 9.17) is 4.42 Å². The molecule has 0 aliphatic carbocycles. The van der Waals surface area contributed by atoms with Crippen LogP contribution >= 0.6 is 0 Å². The van der Waals surface area contributed by atoms with Crippen molar-refractivity contribution in [1.82, 2.24) is 14.4 Å². The molecule has 0 aliphatic heterocycles. The number of aryl methyl sites for hydroxylation is 1. The van der Waals surface area contributed by atoms with Gasteiger partial charge in [-0.25, -0.2) is 0 Å². The Kier molecular flexibility index (Phi) is 7.49. The Morgan fingerprint density at radius 1 is 0.933 bits per heavy atom. The maximum absolute atomic E-state index is 13.2. The monoisotopic (exact) mass is 407 g/mol. The molecular weight excluding hydrogens is 378 g/mol. The van der Waals surface area contributed by atoms with Crippen LogP contribution in [0.4, 0.5) is 0 Å². The third kappa shape index (κ3) is 5.86. The van der Waals surface area contributed by atoms with Crippen molar-refractivity contribution in [3.05, 3.63) is 84.1 Å². The van der Waals surface area contributed by atoms with Gasteiger partial charge in [0, 0.05) is 25.5 Å². The van der Waals surface area contributed by atoms with Crippen LogP contribution < -0.4 is 0 Å². The van der Waals surface area contributed by atoms with E-state index in [2.05, 4.69) is 0 Å². The molecule has 6 nitrogen and oxygen atoms in total. The zero-order chi connectivity index (χ0) is 21.3. The average Bonchev–Trinajstić information content (AvgIpc) is 3.40.